The summed E-state index contributed by atoms with van der Waals surface area (Å²) in [5.41, 5.74) is 3.53. The molecule has 0 saturated carbocycles. The highest BCUT2D eigenvalue weighted by Gasteiger charge is 2.74. The van der Waals surface area contributed by atoms with E-state index in [1.54, 1.807) is 0 Å². The summed E-state index contributed by atoms with van der Waals surface area (Å²) in [5.74, 6) is -2.07. The van der Waals surface area contributed by atoms with Gasteiger partial charge in [0.1, 0.15) is 5.41 Å². The first-order valence-corrected chi connectivity index (χ1v) is 13.5. The van der Waals surface area contributed by atoms with Crippen molar-refractivity contribution in [2.45, 2.75) is 130 Å². The van der Waals surface area contributed by atoms with E-state index >= 15 is 0 Å². The third-order valence-corrected chi connectivity index (χ3v) is 8.57. The van der Waals surface area contributed by atoms with Gasteiger partial charge in [-0.1, -0.05) is 94.7 Å². The molecule has 6 heteroatoms. The van der Waals surface area contributed by atoms with Crippen LogP contribution in [0.2, 0.25) is 0 Å². The molecule has 3 aliphatic rings. The highest BCUT2D eigenvalue weighted by molar-refractivity contribution is 7.43. The Morgan fingerprint density at radius 2 is 1.39 bits per heavy atom. The maximum absolute atomic E-state index is 11.5. The molecule has 0 aromatic heterocycles. The van der Waals surface area contributed by atoms with Crippen molar-refractivity contribution in [3.8, 4) is 0 Å². The minimum atomic E-state index is -1.85. The molecule has 1 aromatic rings. The molecule has 4 rings (SSSR count). The Hall–Kier alpha value is -0.550. The Bertz CT molecular complexity index is 832. The van der Waals surface area contributed by atoms with Crippen LogP contribution in [-0.2, 0) is 29.8 Å². The van der Waals surface area contributed by atoms with Crippen molar-refractivity contribution < 1.29 is 23.8 Å². The number of aliphatic hydroxyl groups is 2. The van der Waals surface area contributed by atoms with Crippen LogP contribution in [0.25, 0.3) is 0 Å². The van der Waals surface area contributed by atoms with Gasteiger partial charge in [-0.2, -0.15) is 0 Å². The van der Waals surface area contributed by atoms with Gasteiger partial charge in [-0.15, -0.1) is 0 Å². The van der Waals surface area contributed by atoms with Crippen molar-refractivity contribution >= 4 is 8.60 Å². The van der Waals surface area contributed by atoms with E-state index < -0.39 is 26.3 Å². The van der Waals surface area contributed by atoms with Gasteiger partial charge < -0.3 is 10.2 Å². The molecule has 0 spiro atoms. The second kappa shape index (κ2) is 8.54. The average molecular weight is 481 g/mol. The lowest BCUT2D eigenvalue weighted by Gasteiger charge is -2.61. The van der Waals surface area contributed by atoms with E-state index in [0.29, 0.717) is 6.42 Å². The summed E-state index contributed by atoms with van der Waals surface area (Å²) in [6.07, 6.45) is 0.938. The van der Waals surface area contributed by atoms with Crippen LogP contribution in [0.4, 0.5) is 0 Å². The zero-order valence-electron chi connectivity index (χ0n) is 22.5. The van der Waals surface area contributed by atoms with Crippen molar-refractivity contribution in [1.82, 2.24) is 0 Å². The van der Waals surface area contributed by atoms with Gasteiger partial charge in [0.25, 0.3) is 0 Å². The van der Waals surface area contributed by atoms with Crippen molar-refractivity contribution in [3.05, 3.63) is 34.4 Å². The molecule has 3 heterocycles. The number of hydrogen-bond acceptors (Lipinski definition) is 5. The fourth-order valence-corrected chi connectivity index (χ4v) is 6.64. The highest BCUT2D eigenvalue weighted by atomic mass is 31.2. The van der Waals surface area contributed by atoms with Crippen LogP contribution < -0.4 is 0 Å². The predicted octanol–water partition coefficient (Wildman–Crippen LogP) is 7.13. The van der Waals surface area contributed by atoms with E-state index in [2.05, 4.69) is 81.4 Å². The van der Waals surface area contributed by atoms with E-state index in [1.165, 1.54) is 22.3 Å². The number of benzene rings is 1. The summed E-state index contributed by atoms with van der Waals surface area (Å²) in [5, 5.41) is 22.8. The highest BCUT2D eigenvalue weighted by Crippen LogP contribution is 2.73. The van der Waals surface area contributed by atoms with Crippen LogP contribution in [-0.4, -0.2) is 22.5 Å². The van der Waals surface area contributed by atoms with Gasteiger partial charge in [0.2, 0.25) is 0 Å². The van der Waals surface area contributed by atoms with Gasteiger partial charge in [-0.05, 0) is 51.3 Å². The summed E-state index contributed by atoms with van der Waals surface area (Å²) in [4.78, 5) is 0. The Morgan fingerprint density at radius 1 is 0.909 bits per heavy atom. The van der Waals surface area contributed by atoms with Gasteiger partial charge >= 0.3 is 14.6 Å². The Labute approximate surface area is 202 Å². The summed E-state index contributed by atoms with van der Waals surface area (Å²) >= 11 is 0. The molecule has 3 unspecified atom stereocenters. The summed E-state index contributed by atoms with van der Waals surface area (Å²) in [6, 6.07) is 4.68. The Kier molecular flexibility index (Phi) is 7.00. The van der Waals surface area contributed by atoms with Gasteiger partial charge in [0, 0.05) is 5.92 Å². The largest absolute Gasteiger partial charge is 0.367 e. The van der Waals surface area contributed by atoms with Crippen molar-refractivity contribution in [1.29, 1.82) is 0 Å². The van der Waals surface area contributed by atoms with Gasteiger partial charge in [0.15, 0.2) is 6.29 Å². The lowest BCUT2D eigenvalue weighted by molar-refractivity contribution is -0.458. The number of fused-ring (bicyclic) bond motifs is 2. The van der Waals surface area contributed by atoms with E-state index in [1.807, 2.05) is 6.92 Å². The summed E-state index contributed by atoms with van der Waals surface area (Å²) < 4.78 is 17.2. The molecule has 33 heavy (non-hydrogen) atoms. The van der Waals surface area contributed by atoms with Gasteiger partial charge in [0.05, 0.1) is 0 Å². The molecule has 188 valence electrons. The molecular weight excluding hydrogens is 435 g/mol. The molecule has 0 amide bonds. The van der Waals surface area contributed by atoms with E-state index in [4.69, 9.17) is 13.6 Å². The van der Waals surface area contributed by atoms with E-state index in [9.17, 15) is 10.2 Å². The summed E-state index contributed by atoms with van der Waals surface area (Å²) in [6.45, 7) is 24.3. The third-order valence-electron chi connectivity index (χ3n) is 7.41. The minimum absolute atomic E-state index is 0.0110. The third kappa shape index (κ3) is 4.43. The van der Waals surface area contributed by atoms with E-state index in [-0.39, 0.29) is 22.2 Å². The first-order valence-electron chi connectivity index (χ1n) is 12.4. The first kappa shape index (κ1) is 27.0. The molecule has 2 bridgehead atoms. The van der Waals surface area contributed by atoms with Crippen LogP contribution in [0.15, 0.2) is 12.1 Å². The number of aliphatic hydroxyl groups excluding tert-OH is 1. The van der Waals surface area contributed by atoms with Gasteiger partial charge in [-0.3, -0.25) is 13.6 Å². The molecule has 5 nitrogen and oxygen atoms in total. The standard InChI is InChI=1S/C27H45O5P/c1-12-14-18(26(13-2)22(28)30-33-31-27(26,29)32-33)21-19(24(6,7)8)15-17(23(3,4)5)16-20(21)25(9,10)11/h15-16,18,22,28-29H,12-14H2,1-11H3. The molecule has 3 saturated heterocycles. The minimum Gasteiger partial charge on any atom is -0.367 e. The fourth-order valence-electron chi connectivity index (χ4n) is 5.44. The molecule has 0 radical (unpaired) electrons. The normalized spacial score (nSPS) is 31.3. The first-order chi connectivity index (χ1) is 14.9. The Morgan fingerprint density at radius 3 is 1.73 bits per heavy atom. The number of rotatable bonds is 5. The quantitative estimate of drug-likeness (QED) is 0.439. The van der Waals surface area contributed by atoms with Crippen LogP contribution in [0.5, 0.6) is 0 Å². The average Bonchev–Trinajstić information content (AvgIpc) is 2.63. The molecule has 1 aromatic carbocycles. The maximum Gasteiger partial charge on any atom is 0.344 e. The second-order valence-electron chi connectivity index (χ2n) is 12.9. The van der Waals surface area contributed by atoms with Crippen LogP contribution in [0.1, 0.15) is 124 Å². The molecule has 2 N–H and O–H groups in total. The van der Waals surface area contributed by atoms with Crippen LogP contribution >= 0.6 is 8.60 Å². The molecule has 0 aliphatic carbocycles. The maximum atomic E-state index is 11.5. The number of hydrogen-bond donors (Lipinski definition) is 2. The van der Waals surface area contributed by atoms with Crippen LogP contribution in [0, 0.1) is 5.41 Å². The zero-order chi connectivity index (χ0) is 25.2. The Balaban J connectivity index is 2.42. The topological polar surface area (TPSA) is 68.2 Å². The lowest BCUT2D eigenvalue weighted by atomic mass is 9.60. The van der Waals surface area contributed by atoms with Crippen LogP contribution in [0.3, 0.4) is 0 Å². The molecular formula is C27H45O5P. The monoisotopic (exact) mass is 480 g/mol. The molecule has 3 atom stereocenters. The van der Waals surface area contributed by atoms with Crippen molar-refractivity contribution in [2.24, 2.45) is 5.41 Å². The zero-order valence-corrected chi connectivity index (χ0v) is 23.4. The molecule has 3 aliphatic heterocycles. The smallest absolute Gasteiger partial charge is 0.344 e. The predicted molar refractivity (Wildman–Crippen MR) is 134 cm³/mol. The fraction of sp³-hybridized carbons (Fsp3) is 0.778. The van der Waals surface area contributed by atoms with E-state index in [0.717, 1.165) is 12.8 Å². The molecule has 3 fully saturated rings. The second-order valence-corrected chi connectivity index (χ2v) is 13.9. The lowest BCUT2D eigenvalue weighted by Crippen LogP contribution is -2.68. The summed E-state index contributed by atoms with van der Waals surface area (Å²) in [7, 11) is -1.68. The SMILES string of the molecule is CCCC(c1c(C(C)(C)C)cc(C(C)(C)C)cc1C(C)(C)C)C1(CC)C(O)OP2OC1(O)O2. The van der Waals surface area contributed by atoms with Crippen molar-refractivity contribution in [2.75, 3.05) is 0 Å². The van der Waals surface area contributed by atoms with Gasteiger partial charge in [-0.25, -0.2) is 0 Å². The van der Waals surface area contributed by atoms with Crippen molar-refractivity contribution in [3.63, 3.8) is 0 Å².